The molecule has 1 aliphatic heterocycles. The first-order valence-corrected chi connectivity index (χ1v) is 10.6. The molecular weight excluding hydrogens is 447 g/mol. The van der Waals surface area contributed by atoms with E-state index in [0.717, 1.165) is 26.9 Å². The van der Waals surface area contributed by atoms with Crippen molar-refractivity contribution in [1.29, 1.82) is 0 Å². The molecule has 1 N–H and O–H groups in total. The number of carbonyl (C=O) groups is 1. The Bertz CT molecular complexity index is 1040. The highest BCUT2D eigenvalue weighted by atomic mass is 79.9. The van der Waals surface area contributed by atoms with Crippen LogP contribution in [-0.4, -0.2) is 24.0 Å². The number of ether oxygens (including phenoxy) is 1. The van der Waals surface area contributed by atoms with E-state index in [-0.39, 0.29) is 24.4 Å². The summed E-state index contributed by atoms with van der Waals surface area (Å²) in [6.45, 7) is 2.16. The average molecular weight is 469 g/mol. The molecule has 0 bridgehead atoms. The largest absolute Gasteiger partial charge is 0.465 e. The number of nitrogens with zero attached hydrogens (tertiary/aromatic N) is 1. The minimum absolute atomic E-state index is 0.0630. The van der Waals surface area contributed by atoms with Crippen LogP contribution in [-0.2, 0) is 9.53 Å². The molecule has 0 amide bonds. The maximum atomic E-state index is 14.1. The van der Waals surface area contributed by atoms with Gasteiger partial charge in [0.2, 0.25) is 0 Å². The average Bonchev–Trinajstić information content (AvgIpc) is 2.74. The SMILES string of the molecule is CCOC(=O)CN1C(c2cccc(F)c2)Nc2ccc(Br)cc2C1c1ccccc1. The lowest BCUT2D eigenvalue weighted by atomic mass is 9.91. The van der Waals surface area contributed by atoms with Crippen molar-refractivity contribution in [3.63, 3.8) is 0 Å². The van der Waals surface area contributed by atoms with E-state index in [9.17, 15) is 9.18 Å². The lowest BCUT2D eigenvalue weighted by Gasteiger charge is -2.44. The number of hydrogen-bond acceptors (Lipinski definition) is 4. The van der Waals surface area contributed by atoms with E-state index in [4.69, 9.17) is 4.74 Å². The fraction of sp³-hybridized carbons (Fsp3) is 0.208. The highest BCUT2D eigenvalue weighted by Gasteiger charge is 2.37. The third kappa shape index (κ3) is 4.25. The maximum Gasteiger partial charge on any atom is 0.320 e. The zero-order chi connectivity index (χ0) is 21.1. The number of hydrogen-bond donors (Lipinski definition) is 1. The van der Waals surface area contributed by atoms with E-state index in [1.54, 1.807) is 13.0 Å². The fourth-order valence-electron chi connectivity index (χ4n) is 3.95. The van der Waals surface area contributed by atoms with Crippen LogP contribution in [0.1, 0.15) is 35.8 Å². The Balaban J connectivity index is 1.87. The molecule has 4 rings (SSSR count). The highest BCUT2D eigenvalue weighted by Crippen LogP contribution is 2.44. The summed E-state index contributed by atoms with van der Waals surface area (Å²) >= 11 is 3.57. The van der Waals surface area contributed by atoms with Crippen molar-refractivity contribution in [2.75, 3.05) is 18.5 Å². The summed E-state index contributed by atoms with van der Waals surface area (Å²) in [6, 6.07) is 22.3. The van der Waals surface area contributed by atoms with Gasteiger partial charge < -0.3 is 10.1 Å². The predicted octanol–water partition coefficient (Wildman–Crippen LogP) is 5.67. The quantitative estimate of drug-likeness (QED) is 0.490. The number of nitrogens with one attached hydrogen (secondary N) is 1. The second-order valence-corrected chi connectivity index (χ2v) is 8.04. The first-order chi connectivity index (χ1) is 14.6. The molecule has 0 saturated heterocycles. The molecular formula is C24H22BrFN2O2. The summed E-state index contributed by atoms with van der Waals surface area (Å²) < 4.78 is 20.3. The molecule has 0 aromatic heterocycles. The molecule has 1 heterocycles. The monoisotopic (exact) mass is 468 g/mol. The van der Waals surface area contributed by atoms with E-state index in [1.807, 2.05) is 53.4 Å². The van der Waals surface area contributed by atoms with Gasteiger partial charge in [0.15, 0.2) is 0 Å². The molecule has 0 fully saturated rings. The van der Waals surface area contributed by atoms with Crippen LogP contribution in [0, 0.1) is 5.82 Å². The highest BCUT2D eigenvalue weighted by molar-refractivity contribution is 9.10. The Kier molecular flexibility index (Phi) is 6.16. The van der Waals surface area contributed by atoms with E-state index >= 15 is 0 Å². The first-order valence-electron chi connectivity index (χ1n) is 9.84. The molecule has 1 aliphatic rings. The van der Waals surface area contributed by atoms with Gasteiger partial charge in [-0.15, -0.1) is 0 Å². The summed E-state index contributed by atoms with van der Waals surface area (Å²) in [5, 5.41) is 3.50. The molecule has 6 heteroatoms. The lowest BCUT2D eigenvalue weighted by Crippen LogP contribution is -2.44. The van der Waals surface area contributed by atoms with Crippen LogP contribution in [0.15, 0.2) is 77.3 Å². The normalized spacial score (nSPS) is 18.4. The Morgan fingerprint density at radius 2 is 1.83 bits per heavy atom. The van der Waals surface area contributed by atoms with E-state index in [2.05, 4.69) is 27.3 Å². The fourth-order valence-corrected chi connectivity index (χ4v) is 4.32. The van der Waals surface area contributed by atoms with Crippen molar-refractivity contribution in [2.45, 2.75) is 19.1 Å². The third-order valence-corrected chi connectivity index (χ3v) is 5.65. The van der Waals surface area contributed by atoms with Gasteiger partial charge in [-0.2, -0.15) is 0 Å². The van der Waals surface area contributed by atoms with Crippen molar-refractivity contribution < 1.29 is 13.9 Å². The smallest absolute Gasteiger partial charge is 0.320 e. The van der Waals surface area contributed by atoms with E-state index < -0.39 is 6.17 Å². The number of carbonyl (C=O) groups excluding carboxylic acids is 1. The van der Waals surface area contributed by atoms with Crippen LogP contribution < -0.4 is 5.32 Å². The molecule has 2 atom stereocenters. The predicted molar refractivity (Wildman–Crippen MR) is 119 cm³/mol. The number of anilines is 1. The summed E-state index contributed by atoms with van der Waals surface area (Å²) in [5.74, 6) is -0.636. The van der Waals surface area contributed by atoms with Crippen molar-refractivity contribution in [1.82, 2.24) is 4.90 Å². The number of halogens is 2. The maximum absolute atomic E-state index is 14.1. The summed E-state index contributed by atoms with van der Waals surface area (Å²) in [7, 11) is 0. The second-order valence-electron chi connectivity index (χ2n) is 7.12. The van der Waals surface area contributed by atoms with Crippen molar-refractivity contribution in [3.8, 4) is 0 Å². The van der Waals surface area contributed by atoms with Gasteiger partial charge in [0.25, 0.3) is 0 Å². The molecule has 30 heavy (non-hydrogen) atoms. The minimum Gasteiger partial charge on any atom is -0.465 e. The number of fused-ring (bicyclic) bond motifs is 1. The van der Waals surface area contributed by atoms with Gasteiger partial charge in [-0.05, 0) is 53.9 Å². The van der Waals surface area contributed by atoms with Gasteiger partial charge in [0.05, 0.1) is 19.2 Å². The van der Waals surface area contributed by atoms with Gasteiger partial charge in [-0.25, -0.2) is 4.39 Å². The first kappa shape index (κ1) is 20.6. The summed E-state index contributed by atoms with van der Waals surface area (Å²) in [6.07, 6.45) is -0.399. The Hall–Kier alpha value is -2.70. The van der Waals surface area contributed by atoms with Gasteiger partial charge in [0, 0.05) is 10.2 Å². The van der Waals surface area contributed by atoms with Gasteiger partial charge in [-0.1, -0.05) is 58.4 Å². The van der Waals surface area contributed by atoms with Gasteiger partial charge >= 0.3 is 5.97 Å². The molecule has 0 spiro atoms. The summed E-state index contributed by atoms with van der Waals surface area (Å²) in [4.78, 5) is 14.6. The lowest BCUT2D eigenvalue weighted by molar-refractivity contribution is -0.145. The molecule has 0 aliphatic carbocycles. The summed E-state index contributed by atoms with van der Waals surface area (Å²) in [5.41, 5.74) is 3.77. The third-order valence-electron chi connectivity index (χ3n) is 5.16. The molecule has 0 saturated carbocycles. The number of esters is 1. The van der Waals surface area contributed by atoms with Crippen LogP contribution in [0.2, 0.25) is 0 Å². The van der Waals surface area contributed by atoms with Crippen LogP contribution in [0.25, 0.3) is 0 Å². The number of rotatable bonds is 5. The molecule has 0 radical (unpaired) electrons. The topological polar surface area (TPSA) is 41.6 Å². The molecule has 2 unspecified atom stereocenters. The number of benzene rings is 3. The molecule has 154 valence electrons. The van der Waals surface area contributed by atoms with E-state index in [0.29, 0.717) is 6.61 Å². The van der Waals surface area contributed by atoms with Crippen LogP contribution >= 0.6 is 15.9 Å². The van der Waals surface area contributed by atoms with Crippen LogP contribution in [0.4, 0.5) is 10.1 Å². The van der Waals surface area contributed by atoms with Gasteiger partial charge in [0.1, 0.15) is 12.0 Å². The van der Waals surface area contributed by atoms with Crippen molar-refractivity contribution in [3.05, 3.63) is 99.8 Å². The zero-order valence-electron chi connectivity index (χ0n) is 16.5. The Labute approximate surface area is 183 Å². The van der Waals surface area contributed by atoms with Gasteiger partial charge in [-0.3, -0.25) is 9.69 Å². The molecule has 3 aromatic carbocycles. The van der Waals surface area contributed by atoms with Crippen molar-refractivity contribution in [2.24, 2.45) is 0 Å². The Morgan fingerprint density at radius 3 is 2.57 bits per heavy atom. The second kappa shape index (κ2) is 8.98. The van der Waals surface area contributed by atoms with Crippen LogP contribution in [0.3, 0.4) is 0 Å². The standard InChI is InChI=1S/C24H22BrFN2O2/c1-2-30-22(29)15-28-23(16-7-4-3-5-8-16)20-14-18(25)11-12-21(20)27-24(28)17-9-6-10-19(26)13-17/h3-14,23-24,27H,2,15H2,1H3. The van der Waals surface area contributed by atoms with Crippen molar-refractivity contribution >= 4 is 27.6 Å². The minimum atomic E-state index is -0.399. The Morgan fingerprint density at radius 1 is 1.07 bits per heavy atom. The van der Waals surface area contributed by atoms with Crippen LogP contribution in [0.5, 0.6) is 0 Å². The molecule has 3 aromatic rings. The zero-order valence-corrected chi connectivity index (χ0v) is 18.1. The molecule has 4 nitrogen and oxygen atoms in total. The van der Waals surface area contributed by atoms with E-state index in [1.165, 1.54) is 12.1 Å².